The summed E-state index contributed by atoms with van der Waals surface area (Å²) in [6, 6.07) is 17.1. The van der Waals surface area contributed by atoms with Crippen molar-refractivity contribution in [2.75, 3.05) is 7.05 Å². The number of carbonyl (C=O) groups excluding carboxylic acids is 1. The Kier molecular flexibility index (Phi) is 4.05. The van der Waals surface area contributed by atoms with Gasteiger partial charge in [0, 0.05) is 24.6 Å². The number of rotatable bonds is 4. The van der Waals surface area contributed by atoms with E-state index in [1.54, 1.807) is 18.0 Å². The first-order chi connectivity index (χ1) is 12.6. The largest absolute Gasteiger partial charge is 0.459 e. The molecule has 0 saturated heterocycles. The second kappa shape index (κ2) is 6.52. The molecule has 2 aromatic carbocycles. The smallest absolute Gasteiger partial charge is 0.247 e. The minimum atomic E-state index is -0.191. The third-order valence-corrected chi connectivity index (χ3v) is 4.46. The second-order valence-electron chi connectivity index (χ2n) is 6.16. The van der Waals surface area contributed by atoms with E-state index >= 15 is 0 Å². The van der Waals surface area contributed by atoms with Crippen LogP contribution in [0.4, 0.5) is 0 Å². The lowest BCUT2D eigenvalue weighted by Crippen LogP contribution is -2.27. The fourth-order valence-electron chi connectivity index (χ4n) is 2.81. The number of carbonyl (C=O) groups is 1. The van der Waals surface area contributed by atoms with Crippen molar-refractivity contribution in [1.82, 2.24) is 9.88 Å². The highest BCUT2D eigenvalue weighted by molar-refractivity contribution is 5.91. The molecular formula is C21H18N2O3. The molecule has 0 N–H and O–H groups in total. The maximum atomic E-state index is 12.5. The van der Waals surface area contributed by atoms with Crippen LogP contribution in [0.15, 0.2) is 69.5 Å². The van der Waals surface area contributed by atoms with Gasteiger partial charge in [-0.1, -0.05) is 30.3 Å². The van der Waals surface area contributed by atoms with Crippen LogP contribution >= 0.6 is 0 Å². The molecule has 4 aromatic rings. The van der Waals surface area contributed by atoms with E-state index in [-0.39, 0.29) is 11.9 Å². The monoisotopic (exact) mass is 346 g/mol. The van der Waals surface area contributed by atoms with Crippen molar-refractivity contribution in [2.45, 2.75) is 13.0 Å². The Labute approximate surface area is 150 Å². The zero-order valence-corrected chi connectivity index (χ0v) is 14.5. The molecule has 0 radical (unpaired) electrons. The first-order valence-corrected chi connectivity index (χ1v) is 8.41. The summed E-state index contributed by atoms with van der Waals surface area (Å²) in [6.45, 7) is 1.93. The van der Waals surface area contributed by atoms with Gasteiger partial charge in [0.05, 0.1) is 6.04 Å². The van der Waals surface area contributed by atoms with Gasteiger partial charge in [-0.2, -0.15) is 0 Å². The zero-order chi connectivity index (χ0) is 18.1. The molecule has 0 aliphatic heterocycles. The highest BCUT2D eigenvalue weighted by Crippen LogP contribution is 2.26. The Morgan fingerprint density at radius 3 is 2.58 bits per heavy atom. The molecular weight excluding hydrogens is 328 g/mol. The summed E-state index contributed by atoms with van der Waals surface area (Å²) in [7, 11) is 1.75. The lowest BCUT2D eigenvalue weighted by Gasteiger charge is -2.21. The fourth-order valence-corrected chi connectivity index (χ4v) is 2.81. The van der Waals surface area contributed by atoms with Crippen molar-refractivity contribution >= 4 is 34.1 Å². The Balaban J connectivity index is 1.51. The van der Waals surface area contributed by atoms with Gasteiger partial charge in [0.1, 0.15) is 16.9 Å². The first-order valence-electron chi connectivity index (χ1n) is 8.41. The van der Waals surface area contributed by atoms with E-state index in [4.69, 9.17) is 8.83 Å². The quantitative estimate of drug-likeness (QED) is 0.498. The van der Waals surface area contributed by atoms with Crippen LogP contribution in [0.1, 0.15) is 24.6 Å². The normalized spacial score (nSPS) is 12.8. The minimum absolute atomic E-state index is 0.153. The van der Waals surface area contributed by atoms with Crippen LogP contribution in [0.25, 0.3) is 28.1 Å². The van der Waals surface area contributed by atoms with Gasteiger partial charge in [0.25, 0.3) is 0 Å². The van der Waals surface area contributed by atoms with E-state index < -0.39 is 0 Å². The number of hydrogen-bond donors (Lipinski definition) is 0. The predicted molar refractivity (Wildman–Crippen MR) is 100 cm³/mol. The molecule has 1 atom stereocenters. The molecule has 0 aliphatic carbocycles. The Bertz CT molecular complexity index is 1040. The third-order valence-electron chi connectivity index (χ3n) is 4.46. The molecule has 1 unspecified atom stereocenters. The van der Waals surface area contributed by atoms with E-state index in [0.717, 1.165) is 22.2 Å². The summed E-state index contributed by atoms with van der Waals surface area (Å²) >= 11 is 0. The van der Waals surface area contributed by atoms with Crippen LogP contribution < -0.4 is 0 Å². The van der Waals surface area contributed by atoms with Gasteiger partial charge in [-0.3, -0.25) is 4.79 Å². The summed E-state index contributed by atoms with van der Waals surface area (Å²) in [6.07, 6.45) is 3.05. The lowest BCUT2D eigenvalue weighted by atomic mass is 10.2. The van der Waals surface area contributed by atoms with Crippen molar-refractivity contribution in [2.24, 2.45) is 0 Å². The molecule has 5 heteroatoms. The maximum absolute atomic E-state index is 12.5. The number of aromatic nitrogens is 1. The van der Waals surface area contributed by atoms with Crippen LogP contribution in [-0.2, 0) is 4.79 Å². The summed E-state index contributed by atoms with van der Waals surface area (Å²) in [5, 5.41) is 1.03. The predicted octanol–water partition coefficient (Wildman–Crippen LogP) is 4.81. The third kappa shape index (κ3) is 2.99. The maximum Gasteiger partial charge on any atom is 0.247 e. The zero-order valence-electron chi connectivity index (χ0n) is 14.5. The topological polar surface area (TPSA) is 59.5 Å². The van der Waals surface area contributed by atoms with Crippen LogP contribution in [0.3, 0.4) is 0 Å². The summed E-state index contributed by atoms with van der Waals surface area (Å²) in [5.74, 6) is 1.00. The van der Waals surface area contributed by atoms with Gasteiger partial charge >= 0.3 is 0 Å². The van der Waals surface area contributed by atoms with Crippen LogP contribution in [0, 0.1) is 0 Å². The van der Waals surface area contributed by atoms with Gasteiger partial charge in [0.2, 0.25) is 11.8 Å². The number of likely N-dealkylation sites (N-methyl/N-ethyl adjacent to an activating group) is 1. The summed E-state index contributed by atoms with van der Waals surface area (Å²) in [5.41, 5.74) is 2.28. The van der Waals surface area contributed by atoms with E-state index in [9.17, 15) is 4.79 Å². The number of benzene rings is 2. The standard InChI is InChI=1S/C21H18N2O3/c1-14(19-13-15-7-3-5-9-17(15)25-19)23(2)21(24)12-11-20-22-16-8-4-6-10-18(16)26-20/h3-14H,1-2H3/b12-11+. The van der Waals surface area contributed by atoms with Crippen molar-refractivity contribution in [3.05, 3.63) is 72.3 Å². The van der Waals surface area contributed by atoms with Crippen molar-refractivity contribution in [3.8, 4) is 0 Å². The highest BCUT2D eigenvalue weighted by atomic mass is 16.3. The second-order valence-corrected chi connectivity index (χ2v) is 6.16. The number of oxazole rings is 1. The molecule has 0 spiro atoms. The lowest BCUT2D eigenvalue weighted by molar-refractivity contribution is -0.126. The van der Waals surface area contributed by atoms with E-state index in [1.165, 1.54) is 6.08 Å². The SMILES string of the molecule is CC(c1cc2ccccc2o1)N(C)C(=O)/C=C/c1nc2ccccc2o1. The molecule has 5 nitrogen and oxygen atoms in total. The molecule has 0 fully saturated rings. The van der Waals surface area contributed by atoms with Gasteiger partial charge in [-0.05, 0) is 31.2 Å². The van der Waals surface area contributed by atoms with Gasteiger partial charge in [-0.15, -0.1) is 0 Å². The van der Waals surface area contributed by atoms with E-state index in [2.05, 4.69) is 4.98 Å². The molecule has 2 heterocycles. The average Bonchev–Trinajstić information content (AvgIpc) is 3.28. The van der Waals surface area contributed by atoms with E-state index in [1.807, 2.05) is 61.5 Å². The molecule has 4 rings (SSSR count). The molecule has 0 aliphatic rings. The Morgan fingerprint density at radius 2 is 1.81 bits per heavy atom. The van der Waals surface area contributed by atoms with Crippen molar-refractivity contribution in [1.29, 1.82) is 0 Å². The van der Waals surface area contributed by atoms with Crippen molar-refractivity contribution in [3.63, 3.8) is 0 Å². The highest BCUT2D eigenvalue weighted by Gasteiger charge is 2.19. The molecule has 2 aromatic heterocycles. The van der Waals surface area contributed by atoms with Crippen LogP contribution in [0.5, 0.6) is 0 Å². The molecule has 0 bridgehead atoms. The van der Waals surface area contributed by atoms with Crippen LogP contribution in [0.2, 0.25) is 0 Å². The number of furan rings is 1. The van der Waals surface area contributed by atoms with E-state index in [0.29, 0.717) is 11.5 Å². The Hall–Kier alpha value is -3.34. The van der Waals surface area contributed by atoms with Gasteiger partial charge < -0.3 is 13.7 Å². The van der Waals surface area contributed by atoms with Gasteiger partial charge in [0.15, 0.2) is 5.58 Å². The van der Waals surface area contributed by atoms with Crippen molar-refractivity contribution < 1.29 is 13.6 Å². The number of amides is 1. The number of fused-ring (bicyclic) bond motifs is 2. The van der Waals surface area contributed by atoms with Gasteiger partial charge in [-0.25, -0.2) is 4.98 Å². The minimum Gasteiger partial charge on any atom is -0.459 e. The number of para-hydroxylation sites is 3. The first kappa shape index (κ1) is 16.1. The molecule has 0 saturated carbocycles. The Morgan fingerprint density at radius 1 is 1.08 bits per heavy atom. The molecule has 1 amide bonds. The fraction of sp³-hybridized carbons (Fsp3) is 0.143. The van der Waals surface area contributed by atoms with Crippen LogP contribution in [-0.4, -0.2) is 22.8 Å². The molecule has 26 heavy (non-hydrogen) atoms. The summed E-state index contributed by atoms with van der Waals surface area (Å²) < 4.78 is 11.5. The summed E-state index contributed by atoms with van der Waals surface area (Å²) in [4.78, 5) is 18.4. The average molecular weight is 346 g/mol. The number of nitrogens with zero attached hydrogens (tertiary/aromatic N) is 2. The number of hydrogen-bond acceptors (Lipinski definition) is 4. The molecule has 130 valence electrons.